The van der Waals surface area contributed by atoms with E-state index in [4.69, 9.17) is 0 Å². The maximum Gasteiger partial charge on any atom is 0.255 e. The first-order chi connectivity index (χ1) is 8.54. The Balaban J connectivity index is 2.43. The van der Waals surface area contributed by atoms with Crippen LogP contribution in [-0.4, -0.2) is 22.9 Å². The first-order valence-corrected chi connectivity index (χ1v) is 6.99. The number of hydrogen-bond acceptors (Lipinski definition) is 2. The maximum atomic E-state index is 13.0. The Morgan fingerprint density at radius 1 is 1.56 bits per heavy atom. The molecule has 5 heteroatoms. The molecule has 0 heterocycles. The van der Waals surface area contributed by atoms with Gasteiger partial charge in [0.25, 0.3) is 5.91 Å². The van der Waals surface area contributed by atoms with Crippen LogP contribution < -0.4 is 5.32 Å². The topological polar surface area (TPSA) is 49.3 Å². The standard InChI is InChI=1S/C13H17BrFNO2/c1-9(8-14)3-2-6-16-13(18)11-7-10(15)4-5-12(11)17/h4-5,7,9,17H,2-3,6,8H2,1H3,(H,16,18). The molecule has 1 aromatic rings. The predicted octanol–water partition coefficient (Wildman–Crippen LogP) is 3.07. The number of nitrogens with one attached hydrogen (secondary N) is 1. The lowest BCUT2D eigenvalue weighted by Crippen LogP contribution is -2.25. The lowest BCUT2D eigenvalue weighted by atomic mass is 10.1. The van der Waals surface area contributed by atoms with Gasteiger partial charge < -0.3 is 10.4 Å². The lowest BCUT2D eigenvalue weighted by molar-refractivity contribution is 0.0949. The molecule has 3 nitrogen and oxygen atoms in total. The van der Waals surface area contributed by atoms with Crippen LogP contribution in [0.3, 0.4) is 0 Å². The molecule has 1 aromatic carbocycles. The molecule has 100 valence electrons. The Morgan fingerprint density at radius 3 is 2.94 bits per heavy atom. The van der Waals surface area contributed by atoms with Crippen molar-refractivity contribution >= 4 is 21.8 Å². The van der Waals surface area contributed by atoms with Gasteiger partial charge in [-0.25, -0.2) is 4.39 Å². The number of aromatic hydroxyl groups is 1. The first-order valence-electron chi connectivity index (χ1n) is 5.87. The van der Waals surface area contributed by atoms with Gasteiger partial charge in [0.2, 0.25) is 0 Å². The summed E-state index contributed by atoms with van der Waals surface area (Å²) in [6.45, 7) is 2.64. The predicted molar refractivity (Wildman–Crippen MR) is 72.6 cm³/mol. The van der Waals surface area contributed by atoms with Gasteiger partial charge >= 0.3 is 0 Å². The number of carbonyl (C=O) groups is 1. The number of alkyl halides is 1. The molecule has 1 atom stereocenters. The molecule has 0 saturated heterocycles. The minimum Gasteiger partial charge on any atom is -0.507 e. The van der Waals surface area contributed by atoms with Crippen molar-refractivity contribution < 1.29 is 14.3 Å². The van der Waals surface area contributed by atoms with Crippen molar-refractivity contribution in [3.05, 3.63) is 29.6 Å². The third-order valence-electron chi connectivity index (χ3n) is 2.63. The molecule has 0 fully saturated rings. The van der Waals surface area contributed by atoms with Gasteiger partial charge in [-0.3, -0.25) is 4.79 Å². The number of phenols is 1. The average Bonchev–Trinajstić information content (AvgIpc) is 2.36. The molecular formula is C13H17BrFNO2. The second-order valence-electron chi connectivity index (χ2n) is 4.32. The monoisotopic (exact) mass is 317 g/mol. The molecule has 0 aromatic heterocycles. The van der Waals surface area contributed by atoms with Gasteiger partial charge in [-0.15, -0.1) is 0 Å². The van der Waals surface area contributed by atoms with Crippen LogP contribution in [0.15, 0.2) is 18.2 Å². The summed E-state index contributed by atoms with van der Waals surface area (Å²) in [5.74, 6) is -0.628. The Hall–Kier alpha value is -1.10. The SMILES string of the molecule is CC(CBr)CCCNC(=O)c1cc(F)ccc1O. The molecule has 0 aliphatic carbocycles. The van der Waals surface area contributed by atoms with Gasteiger partial charge in [-0.1, -0.05) is 22.9 Å². The fourth-order valence-electron chi connectivity index (χ4n) is 1.51. The van der Waals surface area contributed by atoms with Crippen molar-refractivity contribution in [3.8, 4) is 5.75 Å². The number of phenolic OH excluding ortho intramolecular Hbond substituents is 1. The highest BCUT2D eigenvalue weighted by molar-refractivity contribution is 9.09. The summed E-state index contributed by atoms with van der Waals surface area (Å²) in [6, 6.07) is 3.33. The Labute approximate surface area is 115 Å². The van der Waals surface area contributed by atoms with Crippen molar-refractivity contribution in [2.75, 3.05) is 11.9 Å². The second-order valence-corrected chi connectivity index (χ2v) is 4.97. The summed E-state index contributed by atoms with van der Waals surface area (Å²) in [5, 5.41) is 13.1. The number of benzene rings is 1. The quantitative estimate of drug-likeness (QED) is 0.625. The highest BCUT2D eigenvalue weighted by Gasteiger charge is 2.11. The van der Waals surface area contributed by atoms with E-state index in [2.05, 4.69) is 28.2 Å². The molecular weight excluding hydrogens is 301 g/mol. The molecule has 0 spiro atoms. The van der Waals surface area contributed by atoms with E-state index in [0.717, 1.165) is 30.3 Å². The van der Waals surface area contributed by atoms with Crippen LogP contribution in [0.25, 0.3) is 0 Å². The number of hydrogen-bond donors (Lipinski definition) is 2. The van der Waals surface area contributed by atoms with E-state index in [-0.39, 0.29) is 11.3 Å². The molecule has 18 heavy (non-hydrogen) atoms. The molecule has 0 aliphatic heterocycles. The van der Waals surface area contributed by atoms with Crippen LogP contribution in [0.4, 0.5) is 4.39 Å². The van der Waals surface area contributed by atoms with Crippen molar-refractivity contribution in [1.29, 1.82) is 0 Å². The second kappa shape index (κ2) is 7.36. The van der Waals surface area contributed by atoms with Crippen molar-refractivity contribution in [3.63, 3.8) is 0 Å². The van der Waals surface area contributed by atoms with Crippen LogP contribution in [0.2, 0.25) is 0 Å². The zero-order valence-electron chi connectivity index (χ0n) is 10.2. The average molecular weight is 318 g/mol. The summed E-state index contributed by atoms with van der Waals surface area (Å²) in [5.41, 5.74) is -0.0245. The van der Waals surface area contributed by atoms with Gasteiger partial charge in [-0.2, -0.15) is 0 Å². The van der Waals surface area contributed by atoms with Crippen LogP contribution >= 0.6 is 15.9 Å². The molecule has 0 aliphatic rings. The molecule has 1 unspecified atom stereocenters. The molecule has 0 radical (unpaired) electrons. The third-order valence-corrected chi connectivity index (χ3v) is 3.73. The molecule has 1 amide bonds. The van der Waals surface area contributed by atoms with Crippen LogP contribution in [0.1, 0.15) is 30.1 Å². The zero-order valence-corrected chi connectivity index (χ0v) is 11.8. The van der Waals surface area contributed by atoms with Crippen molar-refractivity contribution in [2.24, 2.45) is 5.92 Å². The van der Waals surface area contributed by atoms with Gasteiger partial charge in [0, 0.05) is 11.9 Å². The number of carbonyl (C=O) groups excluding carboxylic acids is 1. The largest absolute Gasteiger partial charge is 0.507 e. The smallest absolute Gasteiger partial charge is 0.255 e. The number of halogens is 2. The summed E-state index contributed by atoms with van der Waals surface area (Å²) in [6.07, 6.45) is 1.86. The van der Waals surface area contributed by atoms with E-state index in [1.807, 2.05) is 0 Å². The maximum absolute atomic E-state index is 13.0. The van der Waals surface area contributed by atoms with E-state index in [0.29, 0.717) is 12.5 Å². The van der Waals surface area contributed by atoms with Gasteiger partial charge in [-0.05, 0) is 37.0 Å². The summed E-state index contributed by atoms with van der Waals surface area (Å²) < 4.78 is 13.0. The summed E-state index contributed by atoms with van der Waals surface area (Å²) in [4.78, 5) is 11.7. The zero-order chi connectivity index (χ0) is 13.5. The molecule has 1 rings (SSSR count). The van der Waals surface area contributed by atoms with E-state index in [1.54, 1.807) is 0 Å². The fraction of sp³-hybridized carbons (Fsp3) is 0.462. The van der Waals surface area contributed by atoms with E-state index < -0.39 is 11.7 Å². The summed E-state index contributed by atoms with van der Waals surface area (Å²) in [7, 11) is 0. The highest BCUT2D eigenvalue weighted by atomic mass is 79.9. The van der Waals surface area contributed by atoms with Crippen LogP contribution in [-0.2, 0) is 0 Å². The van der Waals surface area contributed by atoms with Gasteiger partial charge in [0.15, 0.2) is 0 Å². The van der Waals surface area contributed by atoms with E-state index >= 15 is 0 Å². The third kappa shape index (κ3) is 4.64. The molecule has 0 saturated carbocycles. The lowest BCUT2D eigenvalue weighted by Gasteiger charge is -2.09. The number of rotatable bonds is 6. The summed E-state index contributed by atoms with van der Waals surface area (Å²) >= 11 is 3.39. The normalized spacial score (nSPS) is 12.2. The Morgan fingerprint density at radius 2 is 2.28 bits per heavy atom. The minimum absolute atomic E-state index is 0.0245. The Bertz CT molecular complexity index is 412. The molecule has 2 N–H and O–H groups in total. The highest BCUT2D eigenvalue weighted by Crippen LogP contribution is 2.17. The van der Waals surface area contributed by atoms with E-state index in [9.17, 15) is 14.3 Å². The Kier molecular flexibility index (Phi) is 6.12. The van der Waals surface area contributed by atoms with Crippen molar-refractivity contribution in [1.82, 2.24) is 5.32 Å². The van der Waals surface area contributed by atoms with Gasteiger partial charge in [0.05, 0.1) is 5.56 Å². The van der Waals surface area contributed by atoms with Crippen LogP contribution in [0, 0.1) is 11.7 Å². The van der Waals surface area contributed by atoms with E-state index in [1.165, 1.54) is 6.07 Å². The van der Waals surface area contributed by atoms with Crippen LogP contribution in [0.5, 0.6) is 5.75 Å². The van der Waals surface area contributed by atoms with Gasteiger partial charge in [0.1, 0.15) is 11.6 Å². The van der Waals surface area contributed by atoms with Crippen molar-refractivity contribution in [2.45, 2.75) is 19.8 Å². The first kappa shape index (κ1) is 15.0. The fourth-order valence-corrected chi connectivity index (χ4v) is 1.84. The minimum atomic E-state index is -0.536. The number of amides is 1. The molecule has 0 bridgehead atoms.